The topological polar surface area (TPSA) is 65.8 Å². The second-order valence-electron chi connectivity index (χ2n) is 8.06. The fourth-order valence-corrected chi connectivity index (χ4v) is 4.36. The third-order valence-electron chi connectivity index (χ3n) is 6.07. The molecule has 1 saturated heterocycles. The number of piperazine rings is 1. The number of benzene rings is 3. The number of carbonyl (C=O) groups excluding carboxylic acids is 1. The molecule has 32 heavy (non-hydrogen) atoms. The summed E-state index contributed by atoms with van der Waals surface area (Å²) in [5, 5.41) is 6.37. The highest BCUT2D eigenvalue weighted by Gasteiger charge is 2.23. The molecular formula is C26H25N3O3. The Labute approximate surface area is 186 Å². The van der Waals surface area contributed by atoms with E-state index in [0.717, 1.165) is 47.0 Å². The molecule has 0 bridgehead atoms. The van der Waals surface area contributed by atoms with Crippen LogP contribution in [0.4, 0.5) is 5.69 Å². The van der Waals surface area contributed by atoms with Gasteiger partial charge < -0.3 is 14.6 Å². The smallest absolute Gasteiger partial charge is 0.338 e. The summed E-state index contributed by atoms with van der Waals surface area (Å²) in [6, 6.07) is 23.0. The van der Waals surface area contributed by atoms with Gasteiger partial charge in [0.05, 0.1) is 5.69 Å². The van der Waals surface area contributed by atoms with Crippen LogP contribution in [0, 0.1) is 0 Å². The lowest BCUT2D eigenvalue weighted by molar-refractivity contribution is 0.0644. The Kier molecular flexibility index (Phi) is 5.60. The Hall–Kier alpha value is -3.64. The first-order valence-corrected chi connectivity index (χ1v) is 11.0. The van der Waals surface area contributed by atoms with Gasteiger partial charge in [-0.3, -0.25) is 9.69 Å². The lowest BCUT2D eigenvalue weighted by Gasteiger charge is -2.35. The second-order valence-corrected chi connectivity index (χ2v) is 8.06. The van der Waals surface area contributed by atoms with Crippen molar-refractivity contribution in [3.8, 4) is 0 Å². The molecule has 6 nitrogen and oxygen atoms in total. The van der Waals surface area contributed by atoms with E-state index in [1.165, 1.54) is 6.07 Å². The van der Waals surface area contributed by atoms with Crippen molar-refractivity contribution < 1.29 is 9.21 Å². The summed E-state index contributed by atoms with van der Waals surface area (Å²) in [7, 11) is 0. The number of nitrogens with zero attached hydrogens (tertiary/aromatic N) is 2. The molecule has 1 aromatic heterocycles. The van der Waals surface area contributed by atoms with E-state index in [-0.39, 0.29) is 11.5 Å². The number of amides is 1. The van der Waals surface area contributed by atoms with Crippen molar-refractivity contribution in [3.05, 3.63) is 88.8 Å². The first kappa shape index (κ1) is 20.3. The molecular weight excluding hydrogens is 402 g/mol. The molecule has 0 unspecified atom stereocenters. The van der Waals surface area contributed by atoms with Crippen LogP contribution in [-0.4, -0.2) is 55.0 Å². The maximum atomic E-state index is 13.1. The Bertz CT molecular complexity index is 1320. The molecule has 2 heterocycles. The summed E-state index contributed by atoms with van der Waals surface area (Å²) in [5.74, 6) is 0.0991. The van der Waals surface area contributed by atoms with E-state index in [4.69, 9.17) is 4.42 Å². The average Bonchev–Trinajstić information content (AvgIpc) is 2.83. The summed E-state index contributed by atoms with van der Waals surface area (Å²) in [4.78, 5) is 29.2. The third-order valence-corrected chi connectivity index (χ3v) is 6.07. The quantitative estimate of drug-likeness (QED) is 0.491. The van der Waals surface area contributed by atoms with Gasteiger partial charge in [-0.25, -0.2) is 4.79 Å². The molecule has 0 aliphatic carbocycles. The van der Waals surface area contributed by atoms with Gasteiger partial charge in [0, 0.05) is 56.3 Å². The number of nitrogens with one attached hydrogen (secondary N) is 1. The summed E-state index contributed by atoms with van der Waals surface area (Å²) in [5.41, 5.74) is 1.80. The van der Waals surface area contributed by atoms with Crippen molar-refractivity contribution in [2.24, 2.45) is 0 Å². The van der Waals surface area contributed by atoms with Gasteiger partial charge >= 0.3 is 5.63 Å². The molecule has 4 aromatic rings. The van der Waals surface area contributed by atoms with E-state index in [9.17, 15) is 9.59 Å². The molecule has 1 fully saturated rings. The van der Waals surface area contributed by atoms with Gasteiger partial charge in [-0.05, 0) is 29.0 Å². The molecule has 0 atom stereocenters. The monoisotopic (exact) mass is 427 g/mol. The summed E-state index contributed by atoms with van der Waals surface area (Å²) >= 11 is 0. The van der Waals surface area contributed by atoms with Crippen LogP contribution in [0.5, 0.6) is 0 Å². The van der Waals surface area contributed by atoms with E-state index in [1.807, 2.05) is 65.6 Å². The normalized spacial score (nSPS) is 14.7. The fraction of sp³-hybridized carbons (Fsp3) is 0.231. The number of para-hydroxylation sites is 1. The van der Waals surface area contributed by atoms with Gasteiger partial charge in [0.1, 0.15) is 5.58 Å². The number of hydrogen-bond donors (Lipinski definition) is 1. The van der Waals surface area contributed by atoms with E-state index < -0.39 is 0 Å². The minimum atomic E-state index is -0.355. The summed E-state index contributed by atoms with van der Waals surface area (Å²) in [6.07, 6.45) is 0. The van der Waals surface area contributed by atoms with Crippen molar-refractivity contribution in [1.29, 1.82) is 0 Å². The highest BCUT2D eigenvalue weighted by Crippen LogP contribution is 2.22. The zero-order chi connectivity index (χ0) is 21.9. The number of anilines is 1. The lowest BCUT2D eigenvalue weighted by atomic mass is 10.0. The van der Waals surface area contributed by atoms with Gasteiger partial charge in [-0.1, -0.05) is 48.5 Å². The molecule has 6 heteroatoms. The zero-order valence-corrected chi connectivity index (χ0v) is 17.8. The van der Waals surface area contributed by atoms with Crippen LogP contribution >= 0.6 is 0 Å². The van der Waals surface area contributed by atoms with Crippen LogP contribution in [0.1, 0.15) is 10.4 Å². The highest BCUT2D eigenvalue weighted by molar-refractivity contribution is 6.07. The number of carbonyl (C=O) groups is 1. The molecule has 0 spiro atoms. The Morgan fingerprint density at radius 3 is 2.44 bits per heavy atom. The molecule has 1 aliphatic rings. The largest absolute Gasteiger partial charge is 0.423 e. The molecule has 0 saturated carbocycles. The Balaban J connectivity index is 1.18. The van der Waals surface area contributed by atoms with Gasteiger partial charge in [-0.2, -0.15) is 0 Å². The van der Waals surface area contributed by atoms with E-state index >= 15 is 0 Å². The van der Waals surface area contributed by atoms with Crippen LogP contribution in [0.15, 0.2) is 82.0 Å². The van der Waals surface area contributed by atoms with Crippen molar-refractivity contribution in [2.75, 3.05) is 44.6 Å². The number of rotatable bonds is 5. The van der Waals surface area contributed by atoms with E-state index in [0.29, 0.717) is 25.2 Å². The van der Waals surface area contributed by atoms with Crippen molar-refractivity contribution >= 4 is 33.3 Å². The Morgan fingerprint density at radius 2 is 1.59 bits per heavy atom. The van der Waals surface area contributed by atoms with Crippen molar-refractivity contribution in [1.82, 2.24) is 9.80 Å². The minimum Gasteiger partial charge on any atom is -0.423 e. The number of hydrogen-bond acceptors (Lipinski definition) is 5. The molecule has 1 N–H and O–H groups in total. The molecule has 0 radical (unpaired) electrons. The van der Waals surface area contributed by atoms with Crippen molar-refractivity contribution in [3.63, 3.8) is 0 Å². The highest BCUT2D eigenvalue weighted by atomic mass is 16.4. The first-order chi connectivity index (χ1) is 15.7. The summed E-state index contributed by atoms with van der Waals surface area (Å²) in [6.45, 7) is 4.63. The van der Waals surface area contributed by atoms with Crippen LogP contribution in [-0.2, 0) is 0 Å². The van der Waals surface area contributed by atoms with Crippen LogP contribution in [0.25, 0.3) is 21.7 Å². The van der Waals surface area contributed by atoms with Gasteiger partial charge in [0.15, 0.2) is 0 Å². The van der Waals surface area contributed by atoms with E-state index in [1.54, 1.807) is 6.07 Å². The average molecular weight is 428 g/mol. The van der Waals surface area contributed by atoms with Crippen molar-refractivity contribution in [2.45, 2.75) is 0 Å². The van der Waals surface area contributed by atoms with E-state index in [2.05, 4.69) is 10.2 Å². The molecule has 1 amide bonds. The SMILES string of the molecule is O=C(c1cccc2ccccc12)N1CCN(CCNc2cc(=O)oc3ccccc23)CC1. The maximum Gasteiger partial charge on any atom is 0.338 e. The summed E-state index contributed by atoms with van der Waals surface area (Å²) < 4.78 is 5.25. The Morgan fingerprint density at radius 1 is 0.875 bits per heavy atom. The van der Waals surface area contributed by atoms with Crippen LogP contribution in [0.2, 0.25) is 0 Å². The fourth-order valence-electron chi connectivity index (χ4n) is 4.36. The second kappa shape index (κ2) is 8.85. The maximum absolute atomic E-state index is 13.1. The molecule has 162 valence electrons. The minimum absolute atomic E-state index is 0.0991. The first-order valence-electron chi connectivity index (χ1n) is 11.0. The predicted molar refractivity (Wildman–Crippen MR) is 127 cm³/mol. The molecule has 1 aliphatic heterocycles. The zero-order valence-electron chi connectivity index (χ0n) is 17.8. The number of fused-ring (bicyclic) bond motifs is 2. The predicted octanol–water partition coefficient (Wildman–Crippen LogP) is 3.82. The van der Waals surface area contributed by atoms with Gasteiger partial charge in [0.25, 0.3) is 5.91 Å². The lowest BCUT2D eigenvalue weighted by Crippen LogP contribution is -2.49. The van der Waals surface area contributed by atoms with Gasteiger partial charge in [-0.15, -0.1) is 0 Å². The van der Waals surface area contributed by atoms with Crippen LogP contribution < -0.4 is 10.9 Å². The standard InChI is InChI=1S/C26H25N3O3/c30-25-18-23(22-9-3-4-11-24(22)32-25)27-12-13-28-14-16-29(17-15-28)26(31)21-10-5-7-19-6-1-2-8-20(19)21/h1-11,18,27H,12-17H2. The third kappa shape index (κ3) is 4.09. The molecule has 3 aromatic carbocycles. The van der Waals surface area contributed by atoms with Crippen LogP contribution in [0.3, 0.4) is 0 Å². The molecule has 5 rings (SSSR count). The van der Waals surface area contributed by atoms with Gasteiger partial charge in [0.2, 0.25) is 0 Å².